The molecule has 0 atom stereocenters. The number of carbonyl (C=O) groups is 2. The summed E-state index contributed by atoms with van der Waals surface area (Å²) in [6.07, 6.45) is 7.15. The van der Waals surface area contributed by atoms with Crippen molar-refractivity contribution in [3.63, 3.8) is 0 Å². The first-order valence-electron chi connectivity index (χ1n) is 16.6. The summed E-state index contributed by atoms with van der Waals surface area (Å²) in [6.45, 7) is 3.34. The van der Waals surface area contributed by atoms with E-state index in [9.17, 15) is 28.3 Å². The molecule has 2 amide bonds. The van der Waals surface area contributed by atoms with Crippen LogP contribution in [0, 0.1) is 11.6 Å². The number of benzene rings is 2. The normalized spacial score (nSPS) is 16.4. The summed E-state index contributed by atoms with van der Waals surface area (Å²) in [5.74, 6) is -3.48. The van der Waals surface area contributed by atoms with Crippen molar-refractivity contribution >= 4 is 34.5 Å². The van der Waals surface area contributed by atoms with Crippen LogP contribution in [0.3, 0.4) is 0 Å². The Morgan fingerprint density at radius 1 is 1.02 bits per heavy atom. The van der Waals surface area contributed by atoms with Gasteiger partial charge in [0.05, 0.1) is 24.5 Å². The average Bonchev–Trinajstić information content (AvgIpc) is 3.57. The van der Waals surface area contributed by atoms with Gasteiger partial charge in [-0.15, -0.1) is 5.10 Å². The first-order valence-corrected chi connectivity index (χ1v) is 16.6. The molecule has 7 rings (SSSR count). The van der Waals surface area contributed by atoms with E-state index in [1.807, 2.05) is 30.0 Å². The van der Waals surface area contributed by atoms with Crippen LogP contribution < -0.4 is 15.8 Å². The Morgan fingerprint density at radius 2 is 1.80 bits per heavy atom. The first-order chi connectivity index (χ1) is 23.7. The Kier molecular flexibility index (Phi) is 8.88. The number of fused-ring (bicyclic) bond motifs is 2. The lowest BCUT2D eigenvalue weighted by Gasteiger charge is -2.37. The van der Waals surface area contributed by atoms with Crippen molar-refractivity contribution in [2.24, 2.45) is 0 Å². The number of carbonyl (C=O) groups excluding carboxylic acids is 2. The lowest BCUT2D eigenvalue weighted by molar-refractivity contribution is -0.116. The molecule has 2 N–H and O–H groups in total. The second-order valence-electron chi connectivity index (χ2n) is 12.5. The summed E-state index contributed by atoms with van der Waals surface area (Å²) in [6, 6.07) is 7.34. The molecule has 2 aromatic carbocycles. The number of phenolic OH excluding ortho intramolecular Hbond substituents is 1. The SMILES string of the molecule is CCc1c(N2CCN(C(=O)c3cc(F)cc(F)c3O)CC2)c(=O)n2nc(C3=CCOCC3)nc2n1CC(=O)Nc1ccc2c(c1)CCCC2. The predicted molar refractivity (Wildman–Crippen MR) is 178 cm³/mol. The summed E-state index contributed by atoms with van der Waals surface area (Å²) >= 11 is 0. The Labute approximate surface area is 280 Å². The molecular weight excluding hydrogens is 636 g/mol. The van der Waals surface area contributed by atoms with Crippen LogP contribution in [-0.2, 0) is 35.3 Å². The van der Waals surface area contributed by atoms with Crippen molar-refractivity contribution < 1.29 is 28.2 Å². The summed E-state index contributed by atoms with van der Waals surface area (Å²) < 4.78 is 36.3. The van der Waals surface area contributed by atoms with Gasteiger partial charge < -0.3 is 29.5 Å². The third-order valence-corrected chi connectivity index (χ3v) is 9.49. The zero-order chi connectivity index (χ0) is 34.2. The molecule has 0 saturated carbocycles. The lowest BCUT2D eigenvalue weighted by atomic mass is 9.91. The number of ether oxygens (including phenoxy) is 1. The monoisotopic (exact) mass is 673 g/mol. The van der Waals surface area contributed by atoms with E-state index in [0.29, 0.717) is 55.0 Å². The van der Waals surface area contributed by atoms with Crippen molar-refractivity contribution in [3.8, 4) is 5.75 Å². The van der Waals surface area contributed by atoms with Crippen molar-refractivity contribution in [2.45, 2.75) is 52.0 Å². The van der Waals surface area contributed by atoms with E-state index in [1.54, 1.807) is 4.57 Å². The topological polar surface area (TPSA) is 134 Å². The molecule has 4 aromatic rings. The number of nitrogens with one attached hydrogen (secondary N) is 1. The molecule has 0 unspecified atom stereocenters. The van der Waals surface area contributed by atoms with E-state index >= 15 is 0 Å². The van der Waals surface area contributed by atoms with E-state index in [-0.39, 0.29) is 44.4 Å². The Balaban J connectivity index is 1.22. The maximum absolute atomic E-state index is 14.2. The fourth-order valence-corrected chi connectivity index (χ4v) is 6.98. The second kappa shape index (κ2) is 13.4. The van der Waals surface area contributed by atoms with Gasteiger partial charge >= 0.3 is 0 Å². The highest BCUT2D eigenvalue weighted by atomic mass is 19.1. The van der Waals surface area contributed by atoms with E-state index in [4.69, 9.17) is 9.72 Å². The van der Waals surface area contributed by atoms with E-state index in [0.717, 1.165) is 37.3 Å². The number of aromatic hydroxyl groups is 1. The molecule has 0 spiro atoms. The van der Waals surface area contributed by atoms with Gasteiger partial charge in [0, 0.05) is 37.9 Å². The second-order valence-corrected chi connectivity index (χ2v) is 12.5. The lowest BCUT2D eigenvalue weighted by Crippen LogP contribution is -2.51. The minimum Gasteiger partial charge on any atom is -0.504 e. The number of hydrogen-bond acceptors (Lipinski definition) is 8. The molecule has 14 heteroatoms. The van der Waals surface area contributed by atoms with Crippen LogP contribution in [0.1, 0.15) is 59.2 Å². The fourth-order valence-electron chi connectivity index (χ4n) is 6.98. The molecule has 2 aliphatic heterocycles. The number of rotatable bonds is 7. The van der Waals surface area contributed by atoms with Gasteiger partial charge in [-0.3, -0.25) is 14.4 Å². The fraction of sp³-hybridized carbons (Fsp3) is 0.400. The van der Waals surface area contributed by atoms with E-state index in [2.05, 4.69) is 16.5 Å². The van der Waals surface area contributed by atoms with Gasteiger partial charge in [0.2, 0.25) is 11.7 Å². The smallest absolute Gasteiger partial charge is 0.299 e. The van der Waals surface area contributed by atoms with Gasteiger partial charge in [-0.2, -0.15) is 9.50 Å². The van der Waals surface area contributed by atoms with Crippen LogP contribution >= 0.6 is 0 Å². The van der Waals surface area contributed by atoms with Gasteiger partial charge in [-0.25, -0.2) is 8.78 Å². The van der Waals surface area contributed by atoms with Crippen molar-refractivity contribution in [2.75, 3.05) is 49.6 Å². The highest BCUT2D eigenvalue weighted by Gasteiger charge is 2.30. The zero-order valence-corrected chi connectivity index (χ0v) is 27.2. The molecule has 3 aliphatic rings. The average molecular weight is 674 g/mol. The number of piperazine rings is 1. The van der Waals surface area contributed by atoms with Crippen molar-refractivity contribution in [3.05, 3.63) is 86.6 Å². The van der Waals surface area contributed by atoms with Gasteiger partial charge in [-0.1, -0.05) is 19.1 Å². The van der Waals surface area contributed by atoms with Crippen LogP contribution in [-0.4, -0.2) is 80.4 Å². The standard InChI is InChI=1S/C35H37F2N7O5/c1-2-28-30(41-11-13-42(14-12-41)33(47)26-18-24(36)19-27(37)31(26)46)34(48)44-35(39-32(40-44)22-9-15-49-16-10-22)43(28)20-29(45)38-25-8-7-21-5-3-4-6-23(21)17-25/h7-9,17-19,46H,2-6,10-16,20H2,1H3,(H,38,45). The zero-order valence-electron chi connectivity index (χ0n) is 27.2. The number of aryl methyl sites for hydroxylation is 2. The maximum Gasteiger partial charge on any atom is 0.299 e. The number of phenols is 1. The van der Waals surface area contributed by atoms with Crippen molar-refractivity contribution in [1.29, 1.82) is 0 Å². The van der Waals surface area contributed by atoms with Gasteiger partial charge in [0.15, 0.2) is 17.4 Å². The van der Waals surface area contributed by atoms with Gasteiger partial charge in [0.1, 0.15) is 18.0 Å². The highest BCUT2D eigenvalue weighted by molar-refractivity contribution is 5.97. The van der Waals surface area contributed by atoms with Gasteiger partial charge in [0.25, 0.3) is 11.5 Å². The minimum absolute atomic E-state index is 0.116. The minimum atomic E-state index is -1.22. The molecule has 49 heavy (non-hydrogen) atoms. The third-order valence-electron chi connectivity index (χ3n) is 9.49. The van der Waals surface area contributed by atoms with E-state index < -0.39 is 34.4 Å². The molecule has 1 aliphatic carbocycles. The van der Waals surface area contributed by atoms with E-state index in [1.165, 1.54) is 20.5 Å². The highest BCUT2D eigenvalue weighted by Crippen LogP contribution is 2.28. The summed E-state index contributed by atoms with van der Waals surface area (Å²) in [5.41, 5.74) is 4.16. The number of hydrogen-bond donors (Lipinski definition) is 2. The first kappa shape index (κ1) is 32.4. The molecule has 0 bridgehead atoms. The predicted octanol–water partition coefficient (Wildman–Crippen LogP) is 3.72. The maximum atomic E-state index is 14.2. The number of halogens is 2. The molecule has 12 nitrogen and oxygen atoms in total. The van der Waals surface area contributed by atoms with Crippen LogP contribution in [0.2, 0.25) is 0 Å². The Bertz CT molecular complexity index is 2050. The van der Waals surface area contributed by atoms with Gasteiger partial charge in [-0.05, 0) is 73.4 Å². The quantitative estimate of drug-likeness (QED) is 0.303. The molecule has 4 heterocycles. The molecule has 1 fully saturated rings. The molecular formula is C35H37F2N7O5. The van der Waals surface area contributed by atoms with Crippen LogP contribution in [0.15, 0.2) is 41.2 Å². The van der Waals surface area contributed by atoms with Crippen LogP contribution in [0.25, 0.3) is 11.4 Å². The third kappa shape index (κ3) is 6.28. The number of anilines is 2. The molecule has 256 valence electrons. The number of amides is 2. The molecule has 1 saturated heterocycles. The summed E-state index contributed by atoms with van der Waals surface area (Å²) in [4.78, 5) is 49.0. The Hall–Kier alpha value is -5.11. The summed E-state index contributed by atoms with van der Waals surface area (Å²) in [5, 5.41) is 17.7. The molecule has 0 radical (unpaired) electrons. The van der Waals surface area contributed by atoms with Crippen LogP contribution in [0.4, 0.5) is 20.2 Å². The Morgan fingerprint density at radius 3 is 2.53 bits per heavy atom. The largest absolute Gasteiger partial charge is 0.504 e. The van der Waals surface area contributed by atoms with Crippen LogP contribution in [0.5, 0.6) is 5.75 Å². The molecule has 2 aromatic heterocycles. The summed E-state index contributed by atoms with van der Waals surface area (Å²) in [7, 11) is 0. The number of nitrogens with zero attached hydrogens (tertiary/aromatic N) is 6. The number of aromatic nitrogens is 4. The van der Waals surface area contributed by atoms with Crippen molar-refractivity contribution in [1.82, 2.24) is 24.1 Å².